The summed E-state index contributed by atoms with van der Waals surface area (Å²) in [5, 5.41) is 21.8. The van der Waals surface area contributed by atoms with E-state index in [1.54, 1.807) is 11.4 Å². The van der Waals surface area contributed by atoms with E-state index in [4.69, 9.17) is 0 Å². The van der Waals surface area contributed by atoms with Gasteiger partial charge in [-0.3, -0.25) is 4.79 Å². The monoisotopic (exact) mass is 347 g/mol. The highest BCUT2D eigenvalue weighted by molar-refractivity contribution is 7.12. The average molecular weight is 347 g/mol. The number of carbonyl (C=O) groups excluding carboxylic acids is 1. The minimum atomic E-state index is -4.76. The first-order valence-electron chi connectivity index (χ1n) is 6.76. The molecule has 2 aromatic rings. The number of hydrogen-bond donors (Lipinski definition) is 1. The Balaban J connectivity index is 1.87. The maximum atomic E-state index is 12.8. The van der Waals surface area contributed by atoms with Crippen LogP contribution in [0, 0.1) is 0 Å². The zero-order valence-electron chi connectivity index (χ0n) is 11.6. The maximum absolute atomic E-state index is 12.8. The second kappa shape index (κ2) is 5.89. The Morgan fingerprint density at radius 3 is 2.91 bits per heavy atom. The first-order chi connectivity index (χ1) is 10.9. The van der Waals surface area contributed by atoms with E-state index in [0.717, 1.165) is 16.2 Å². The van der Waals surface area contributed by atoms with Crippen LogP contribution in [0.4, 0.5) is 13.2 Å². The molecule has 23 heavy (non-hydrogen) atoms. The number of likely N-dealkylation sites (tertiary alicyclic amines) is 1. The highest BCUT2D eigenvalue weighted by Gasteiger charge is 2.48. The number of halogens is 3. The van der Waals surface area contributed by atoms with E-state index in [2.05, 4.69) is 15.5 Å². The van der Waals surface area contributed by atoms with Gasteiger partial charge in [0.2, 0.25) is 0 Å². The van der Waals surface area contributed by atoms with Crippen molar-refractivity contribution in [3.63, 3.8) is 0 Å². The zero-order valence-corrected chi connectivity index (χ0v) is 12.5. The van der Waals surface area contributed by atoms with Crippen LogP contribution in [0.2, 0.25) is 0 Å². The van der Waals surface area contributed by atoms with Gasteiger partial charge in [0.25, 0.3) is 5.91 Å². The van der Waals surface area contributed by atoms with Gasteiger partial charge in [0.1, 0.15) is 11.2 Å². The first kappa shape index (κ1) is 15.9. The Labute approximate surface area is 132 Å². The average Bonchev–Trinajstić information content (AvgIpc) is 3.22. The topological polar surface area (TPSA) is 84.1 Å². The van der Waals surface area contributed by atoms with E-state index < -0.39 is 24.2 Å². The summed E-state index contributed by atoms with van der Waals surface area (Å²) < 4.78 is 39.6. The van der Waals surface area contributed by atoms with E-state index in [0.29, 0.717) is 12.1 Å². The van der Waals surface area contributed by atoms with Crippen LogP contribution in [0.25, 0.3) is 5.69 Å². The third-order valence-corrected chi connectivity index (χ3v) is 4.59. The Morgan fingerprint density at radius 1 is 1.48 bits per heavy atom. The fourth-order valence-corrected chi connectivity index (χ4v) is 3.47. The molecule has 1 aliphatic rings. The number of tetrazole rings is 1. The number of aliphatic hydroxyl groups is 1. The van der Waals surface area contributed by atoms with Crippen LogP contribution in [0.1, 0.15) is 22.5 Å². The lowest BCUT2D eigenvalue weighted by Gasteiger charge is -2.29. The van der Waals surface area contributed by atoms with Crippen LogP contribution >= 0.6 is 11.3 Å². The molecule has 1 aliphatic heterocycles. The predicted molar refractivity (Wildman–Crippen MR) is 73.2 cm³/mol. The van der Waals surface area contributed by atoms with E-state index in [1.165, 1.54) is 11.0 Å². The molecule has 7 nitrogen and oxygen atoms in total. The quantitative estimate of drug-likeness (QED) is 0.903. The van der Waals surface area contributed by atoms with Crippen LogP contribution in [0.15, 0.2) is 17.8 Å². The highest BCUT2D eigenvalue weighted by atomic mass is 32.1. The SMILES string of the molecule is O=C(c1sccc1-n1cnnn1)N1CCC[C@H]1[C@H](O)C(F)(F)F. The zero-order chi connectivity index (χ0) is 16.6. The van der Waals surface area contributed by atoms with Crippen molar-refractivity contribution in [2.24, 2.45) is 0 Å². The van der Waals surface area contributed by atoms with Gasteiger partial charge in [-0.2, -0.15) is 17.9 Å². The summed E-state index contributed by atoms with van der Waals surface area (Å²) in [5.41, 5.74) is 0.400. The second-order valence-electron chi connectivity index (χ2n) is 5.08. The summed E-state index contributed by atoms with van der Waals surface area (Å²) in [6.45, 7) is 0.170. The molecule has 1 fully saturated rings. The van der Waals surface area contributed by atoms with Gasteiger partial charge in [0, 0.05) is 6.54 Å². The molecule has 3 heterocycles. The van der Waals surface area contributed by atoms with E-state index in [9.17, 15) is 23.1 Å². The summed E-state index contributed by atoms with van der Waals surface area (Å²) in [4.78, 5) is 14.0. The Hall–Kier alpha value is -2.01. The molecule has 11 heteroatoms. The van der Waals surface area contributed by atoms with Gasteiger partial charge in [0.05, 0.1) is 11.7 Å². The predicted octanol–water partition coefficient (Wildman–Crippen LogP) is 1.25. The second-order valence-corrected chi connectivity index (χ2v) is 6.00. The van der Waals surface area contributed by atoms with Crippen LogP contribution < -0.4 is 0 Å². The summed E-state index contributed by atoms with van der Waals surface area (Å²) in [6.07, 6.45) is -5.50. The molecule has 0 saturated carbocycles. The molecule has 0 radical (unpaired) electrons. The van der Waals surface area contributed by atoms with Crippen molar-refractivity contribution in [2.45, 2.75) is 31.2 Å². The fourth-order valence-electron chi connectivity index (χ4n) is 2.64. The molecule has 2 aromatic heterocycles. The van der Waals surface area contributed by atoms with Crippen molar-refractivity contribution in [3.8, 4) is 5.69 Å². The minimum absolute atomic E-state index is 0.109. The van der Waals surface area contributed by atoms with E-state index >= 15 is 0 Å². The van der Waals surface area contributed by atoms with E-state index in [1.807, 2.05) is 0 Å². The number of carbonyl (C=O) groups is 1. The van der Waals surface area contributed by atoms with Gasteiger partial charge < -0.3 is 10.0 Å². The first-order valence-corrected chi connectivity index (χ1v) is 7.64. The van der Waals surface area contributed by atoms with Crippen molar-refractivity contribution >= 4 is 17.2 Å². The van der Waals surface area contributed by atoms with Gasteiger partial charge in [0.15, 0.2) is 6.10 Å². The molecule has 0 aliphatic carbocycles. The van der Waals surface area contributed by atoms with Crippen molar-refractivity contribution in [2.75, 3.05) is 6.54 Å². The standard InChI is InChI=1S/C12H12F3N5O2S/c13-12(14,15)10(21)8-2-1-4-19(8)11(22)9-7(3-5-23-9)20-6-16-17-18-20/h3,5-6,8,10,21H,1-2,4H2/t8-,10-/m0/s1. The lowest BCUT2D eigenvalue weighted by atomic mass is 10.1. The lowest BCUT2D eigenvalue weighted by molar-refractivity contribution is -0.216. The molecule has 0 spiro atoms. The highest BCUT2D eigenvalue weighted by Crippen LogP contribution is 2.33. The molecule has 3 rings (SSSR count). The van der Waals surface area contributed by atoms with Gasteiger partial charge in [-0.05, 0) is 34.7 Å². The number of nitrogens with zero attached hydrogens (tertiary/aromatic N) is 5. The Morgan fingerprint density at radius 2 is 2.26 bits per heavy atom. The third-order valence-electron chi connectivity index (χ3n) is 3.69. The lowest BCUT2D eigenvalue weighted by Crippen LogP contribution is -2.49. The van der Waals surface area contributed by atoms with Crippen LogP contribution in [-0.4, -0.2) is 61.0 Å². The summed E-state index contributed by atoms with van der Waals surface area (Å²) >= 11 is 1.09. The number of alkyl halides is 3. The summed E-state index contributed by atoms with van der Waals surface area (Å²) in [7, 11) is 0. The number of thiophene rings is 1. The van der Waals surface area contributed by atoms with Crippen molar-refractivity contribution in [3.05, 3.63) is 22.7 Å². The van der Waals surface area contributed by atoms with E-state index in [-0.39, 0.29) is 17.8 Å². The normalized spacial score (nSPS) is 20.0. The molecule has 2 atom stereocenters. The molecule has 124 valence electrons. The molecular formula is C12H12F3N5O2S. The molecule has 0 aromatic carbocycles. The minimum Gasteiger partial charge on any atom is -0.382 e. The Kier molecular flexibility index (Phi) is 4.06. The molecular weight excluding hydrogens is 335 g/mol. The van der Waals surface area contributed by atoms with Crippen molar-refractivity contribution in [1.82, 2.24) is 25.1 Å². The summed E-state index contributed by atoms with van der Waals surface area (Å²) in [6, 6.07) is 0.339. The smallest absolute Gasteiger partial charge is 0.382 e. The van der Waals surface area contributed by atoms with Crippen LogP contribution in [-0.2, 0) is 0 Å². The number of rotatable bonds is 3. The number of hydrogen-bond acceptors (Lipinski definition) is 6. The molecule has 1 N–H and O–H groups in total. The Bertz CT molecular complexity index is 687. The molecule has 1 saturated heterocycles. The van der Waals surface area contributed by atoms with Gasteiger partial charge >= 0.3 is 6.18 Å². The number of aliphatic hydroxyl groups excluding tert-OH is 1. The van der Waals surface area contributed by atoms with Crippen molar-refractivity contribution in [1.29, 1.82) is 0 Å². The number of aromatic nitrogens is 4. The van der Waals surface area contributed by atoms with Gasteiger partial charge in [-0.1, -0.05) is 0 Å². The largest absolute Gasteiger partial charge is 0.416 e. The third kappa shape index (κ3) is 2.93. The van der Waals surface area contributed by atoms with Crippen molar-refractivity contribution < 1.29 is 23.1 Å². The fraction of sp³-hybridized carbons (Fsp3) is 0.500. The van der Waals surface area contributed by atoms with Crippen LogP contribution in [0.5, 0.6) is 0 Å². The maximum Gasteiger partial charge on any atom is 0.416 e. The number of amides is 1. The summed E-state index contributed by atoms with van der Waals surface area (Å²) in [5.74, 6) is -0.559. The van der Waals surface area contributed by atoms with Gasteiger partial charge in [-0.25, -0.2) is 0 Å². The van der Waals surface area contributed by atoms with Gasteiger partial charge in [-0.15, -0.1) is 16.4 Å². The van der Waals surface area contributed by atoms with Crippen LogP contribution in [0.3, 0.4) is 0 Å². The molecule has 1 amide bonds. The molecule has 0 bridgehead atoms. The molecule has 0 unspecified atom stereocenters.